The number of rotatable bonds is 7. The Bertz CT molecular complexity index is 1230. The Labute approximate surface area is 204 Å². The van der Waals surface area contributed by atoms with Gasteiger partial charge in [0.1, 0.15) is 5.75 Å². The molecule has 35 heavy (non-hydrogen) atoms. The number of β-amino-alcohol motifs (C(OH)–C–C–N with tert-alkyl or cyclic N) is 1. The van der Waals surface area contributed by atoms with Gasteiger partial charge in [-0.15, -0.1) is 0 Å². The lowest BCUT2D eigenvalue weighted by atomic mass is 9.98. The molecule has 0 bridgehead atoms. The molecular weight excluding hydrogens is 446 g/mol. The van der Waals surface area contributed by atoms with Gasteiger partial charge in [0.25, 0.3) is 0 Å². The summed E-state index contributed by atoms with van der Waals surface area (Å²) >= 11 is 0. The van der Waals surface area contributed by atoms with Crippen LogP contribution in [0.1, 0.15) is 37.8 Å². The number of ether oxygens (including phenoxy) is 1. The van der Waals surface area contributed by atoms with Crippen LogP contribution in [0.5, 0.6) is 5.75 Å². The number of nitrogens with zero attached hydrogens (tertiary/aromatic N) is 6. The first-order chi connectivity index (χ1) is 16.9. The highest BCUT2D eigenvalue weighted by molar-refractivity contribution is 5.76. The number of aromatic nitrogens is 4. The smallest absolute Gasteiger partial charge is 0.229 e. The molecule has 1 aromatic carbocycles. The predicted molar refractivity (Wildman–Crippen MR) is 133 cm³/mol. The lowest BCUT2D eigenvalue weighted by Gasteiger charge is -2.30. The van der Waals surface area contributed by atoms with Crippen LogP contribution in [-0.4, -0.2) is 79.5 Å². The SMILES string of the molecule is COc1cc2c(cc1Nc1ncc3cnn(C[C@@H]4CCCN4C(C)=O)c3n1)CN(C[C@@H](C)O)CC2. The van der Waals surface area contributed by atoms with Gasteiger partial charge in [0.15, 0.2) is 5.65 Å². The minimum absolute atomic E-state index is 0.104. The number of nitrogens with one attached hydrogen (secondary N) is 1. The summed E-state index contributed by atoms with van der Waals surface area (Å²) in [5.41, 5.74) is 4.00. The third-order valence-electron chi connectivity index (χ3n) is 6.92. The maximum atomic E-state index is 12.0. The number of hydrogen-bond acceptors (Lipinski definition) is 8. The second-order valence-corrected chi connectivity index (χ2v) is 9.59. The van der Waals surface area contributed by atoms with Crippen LogP contribution < -0.4 is 10.1 Å². The number of benzene rings is 1. The van der Waals surface area contributed by atoms with Crippen LogP contribution in [0.3, 0.4) is 0 Å². The van der Waals surface area contributed by atoms with E-state index in [1.54, 1.807) is 26.4 Å². The Morgan fingerprint density at radius 3 is 2.91 bits per heavy atom. The van der Waals surface area contributed by atoms with Gasteiger partial charge < -0.3 is 20.1 Å². The van der Waals surface area contributed by atoms with Crippen molar-refractivity contribution in [3.63, 3.8) is 0 Å². The summed E-state index contributed by atoms with van der Waals surface area (Å²) < 4.78 is 7.53. The largest absolute Gasteiger partial charge is 0.495 e. The van der Waals surface area contributed by atoms with Crippen molar-refractivity contribution in [1.82, 2.24) is 29.5 Å². The number of anilines is 2. The quantitative estimate of drug-likeness (QED) is 0.532. The number of likely N-dealkylation sites (tertiary alicyclic amines) is 1. The summed E-state index contributed by atoms with van der Waals surface area (Å²) in [6.07, 6.45) is 6.07. The summed E-state index contributed by atoms with van der Waals surface area (Å²) in [4.78, 5) is 25.4. The molecule has 0 spiro atoms. The van der Waals surface area contributed by atoms with E-state index < -0.39 is 0 Å². The molecule has 4 heterocycles. The van der Waals surface area contributed by atoms with Crippen LogP contribution in [0.4, 0.5) is 11.6 Å². The van der Waals surface area contributed by atoms with Gasteiger partial charge in [-0.05, 0) is 49.4 Å². The number of carbonyl (C=O) groups excluding carboxylic acids is 1. The molecule has 1 fully saturated rings. The first-order valence-corrected chi connectivity index (χ1v) is 12.2. The minimum Gasteiger partial charge on any atom is -0.495 e. The maximum absolute atomic E-state index is 12.0. The second-order valence-electron chi connectivity index (χ2n) is 9.59. The van der Waals surface area contributed by atoms with Crippen molar-refractivity contribution in [2.24, 2.45) is 0 Å². The zero-order valence-corrected chi connectivity index (χ0v) is 20.6. The van der Waals surface area contributed by atoms with Crippen LogP contribution >= 0.6 is 0 Å². The van der Waals surface area contributed by atoms with Gasteiger partial charge in [-0.3, -0.25) is 9.69 Å². The molecule has 0 unspecified atom stereocenters. The van der Waals surface area contributed by atoms with E-state index in [-0.39, 0.29) is 18.1 Å². The van der Waals surface area contributed by atoms with Gasteiger partial charge in [0.2, 0.25) is 11.9 Å². The van der Waals surface area contributed by atoms with E-state index in [9.17, 15) is 9.90 Å². The van der Waals surface area contributed by atoms with E-state index in [2.05, 4.69) is 32.4 Å². The number of aliphatic hydroxyl groups is 1. The average Bonchev–Trinajstić information content (AvgIpc) is 3.45. The second kappa shape index (κ2) is 9.79. The standard InChI is InChI=1S/C25H33N7O3/c1-16(33)13-30-8-6-18-10-23(35-3)22(9-19(18)14-30)28-25-26-11-20-12-27-32(24(20)29-25)15-21-5-4-7-31(21)17(2)34/h9-12,16,21,33H,4-8,13-15H2,1-3H3,(H,26,28,29)/t16-,21+/m1/s1. The van der Waals surface area contributed by atoms with E-state index in [0.717, 1.165) is 61.4 Å². The number of methoxy groups -OCH3 is 1. The van der Waals surface area contributed by atoms with Crippen molar-refractivity contribution in [2.45, 2.75) is 58.3 Å². The van der Waals surface area contributed by atoms with E-state index >= 15 is 0 Å². The summed E-state index contributed by atoms with van der Waals surface area (Å²) in [6.45, 7) is 7.20. The van der Waals surface area contributed by atoms with E-state index in [1.165, 1.54) is 11.1 Å². The molecule has 186 valence electrons. The minimum atomic E-state index is -0.357. The molecule has 0 aliphatic carbocycles. The van der Waals surface area contributed by atoms with Crippen LogP contribution in [0, 0.1) is 0 Å². The van der Waals surface area contributed by atoms with Crippen molar-refractivity contribution in [2.75, 3.05) is 32.1 Å². The molecule has 2 aromatic heterocycles. The highest BCUT2D eigenvalue weighted by Gasteiger charge is 2.27. The molecule has 10 heteroatoms. The predicted octanol–water partition coefficient (Wildman–Crippen LogP) is 2.33. The summed E-state index contributed by atoms with van der Waals surface area (Å²) in [6, 6.07) is 4.31. The van der Waals surface area contributed by atoms with Gasteiger partial charge in [0, 0.05) is 39.3 Å². The van der Waals surface area contributed by atoms with Crippen LogP contribution in [-0.2, 0) is 24.3 Å². The van der Waals surface area contributed by atoms with Gasteiger partial charge in [-0.1, -0.05) is 0 Å². The number of fused-ring (bicyclic) bond motifs is 2. The van der Waals surface area contributed by atoms with E-state index in [1.807, 2.05) is 16.5 Å². The van der Waals surface area contributed by atoms with E-state index in [4.69, 9.17) is 9.72 Å². The van der Waals surface area contributed by atoms with E-state index in [0.29, 0.717) is 19.0 Å². The molecule has 10 nitrogen and oxygen atoms in total. The van der Waals surface area contributed by atoms with Crippen molar-refractivity contribution in [3.05, 3.63) is 35.7 Å². The molecule has 0 radical (unpaired) electrons. The first kappa shape index (κ1) is 23.5. The van der Waals surface area contributed by atoms with Gasteiger partial charge in [-0.2, -0.15) is 10.1 Å². The molecule has 2 atom stereocenters. The zero-order valence-electron chi connectivity index (χ0n) is 20.6. The number of aliphatic hydroxyl groups excluding tert-OH is 1. The van der Waals surface area contributed by atoms with Gasteiger partial charge in [-0.25, -0.2) is 9.67 Å². The third-order valence-corrected chi connectivity index (χ3v) is 6.92. The Balaban J connectivity index is 1.39. The van der Waals surface area contributed by atoms with Crippen LogP contribution in [0.25, 0.3) is 11.0 Å². The Morgan fingerprint density at radius 1 is 1.29 bits per heavy atom. The number of amides is 1. The topological polar surface area (TPSA) is 109 Å². The zero-order chi connectivity index (χ0) is 24.5. The third kappa shape index (κ3) is 4.94. The number of carbonyl (C=O) groups is 1. The van der Waals surface area contributed by atoms with Crippen LogP contribution in [0.2, 0.25) is 0 Å². The highest BCUT2D eigenvalue weighted by Crippen LogP contribution is 2.33. The molecule has 0 saturated carbocycles. The monoisotopic (exact) mass is 479 g/mol. The lowest BCUT2D eigenvalue weighted by molar-refractivity contribution is -0.129. The molecule has 2 aliphatic rings. The average molecular weight is 480 g/mol. The molecule has 2 N–H and O–H groups in total. The van der Waals surface area contributed by atoms with Crippen molar-refractivity contribution < 1.29 is 14.6 Å². The fourth-order valence-electron chi connectivity index (χ4n) is 5.26. The van der Waals surface area contributed by atoms with Crippen LogP contribution in [0.15, 0.2) is 24.5 Å². The first-order valence-electron chi connectivity index (χ1n) is 12.2. The highest BCUT2D eigenvalue weighted by atomic mass is 16.5. The van der Waals surface area contributed by atoms with Crippen molar-refractivity contribution in [3.8, 4) is 5.75 Å². The molecule has 5 rings (SSSR count). The van der Waals surface area contributed by atoms with Crippen molar-refractivity contribution >= 4 is 28.6 Å². The summed E-state index contributed by atoms with van der Waals surface area (Å²) in [5, 5.41) is 18.5. The van der Waals surface area contributed by atoms with Gasteiger partial charge >= 0.3 is 0 Å². The normalized spacial score (nSPS) is 19.1. The fraction of sp³-hybridized carbons (Fsp3) is 0.520. The summed E-state index contributed by atoms with van der Waals surface area (Å²) in [5.74, 6) is 1.31. The summed E-state index contributed by atoms with van der Waals surface area (Å²) in [7, 11) is 1.66. The lowest BCUT2D eigenvalue weighted by Crippen LogP contribution is -2.36. The fourth-order valence-corrected chi connectivity index (χ4v) is 5.26. The number of hydrogen-bond donors (Lipinski definition) is 2. The molecule has 3 aromatic rings. The Kier molecular flexibility index (Phi) is 6.57. The molecule has 1 amide bonds. The van der Waals surface area contributed by atoms with Gasteiger partial charge in [0.05, 0.1) is 43.1 Å². The van der Waals surface area contributed by atoms with Crippen molar-refractivity contribution in [1.29, 1.82) is 0 Å². The molecule has 2 aliphatic heterocycles. The molecule has 1 saturated heterocycles. The Morgan fingerprint density at radius 2 is 2.14 bits per heavy atom. The molecular formula is C25H33N7O3. The maximum Gasteiger partial charge on any atom is 0.229 e. The Hall–Kier alpha value is -3.24.